The number of methoxy groups -OCH3 is 1. The van der Waals surface area contributed by atoms with Gasteiger partial charge in [-0.2, -0.15) is 0 Å². The lowest BCUT2D eigenvalue weighted by Crippen LogP contribution is -2.30. The molecule has 0 heterocycles. The maximum atomic E-state index is 11.4. The van der Waals surface area contributed by atoms with E-state index in [1.807, 2.05) is 0 Å². The summed E-state index contributed by atoms with van der Waals surface area (Å²) >= 11 is 0. The Balaban J connectivity index is 5.56. The van der Waals surface area contributed by atoms with Crippen LogP contribution in [0.25, 0.3) is 0 Å². The number of nitrogens with two attached hydrogens (primary N) is 3. The van der Waals surface area contributed by atoms with Crippen molar-refractivity contribution in [2.75, 3.05) is 26.7 Å². The second-order valence-corrected chi connectivity index (χ2v) is 2.79. The Bertz CT molecular complexity index is 318. The highest BCUT2D eigenvalue weighted by molar-refractivity contribution is 6.25. The van der Waals surface area contributed by atoms with Crippen LogP contribution in [0.4, 0.5) is 0 Å². The molecule has 0 amide bonds. The van der Waals surface area contributed by atoms with Crippen molar-refractivity contribution in [2.24, 2.45) is 17.2 Å². The molecule has 7 heteroatoms. The fourth-order valence-corrected chi connectivity index (χ4v) is 1.06. The molecule has 0 radical (unpaired) electrons. The maximum Gasteiger partial charge on any atom is 0.211 e. The zero-order chi connectivity index (χ0) is 12.7. The van der Waals surface area contributed by atoms with Crippen molar-refractivity contribution >= 4 is 17.3 Å². The highest BCUT2D eigenvalue weighted by Crippen LogP contribution is 2.09. The lowest BCUT2D eigenvalue weighted by Gasteiger charge is -2.09. The molecule has 0 aliphatic carbocycles. The van der Waals surface area contributed by atoms with Crippen LogP contribution >= 0.6 is 0 Å². The van der Waals surface area contributed by atoms with Crippen LogP contribution in [-0.4, -0.2) is 44.1 Å². The molecule has 0 saturated carbocycles. The molecule has 0 aromatic heterocycles. The first-order valence-corrected chi connectivity index (χ1v) is 4.51. The molecular formula is C9H15N3O4. The summed E-state index contributed by atoms with van der Waals surface area (Å²) in [5.41, 5.74) is 15.0. The van der Waals surface area contributed by atoms with Gasteiger partial charge in [0.25, 0.3) is 0 Å². The third-order valence-corrected chi connectivity index (χ3v) is 1.80. The molecule has 0 fully saturated rings. The van der Waals surface area contributed by atoms with E-state index in [9.17, 15) is 14.4 Å². The van der Waals surface area contributed by atoms with Crippen LogP contribution in [0.2, 0.25) is 0 Å². The van der Waals surface area contributed by atoms with Crippen LogP contribution in [0.3, 0.4) is 0 Å². The molecule has 0 aliphatic heterocycles. The number of Topliss-reactive ketones (excluding diaryl/α,β-unsaturated/α-hetero) is 3. The largest absolute Gasteiger partial charge is 0.492 e. The average Bonchev–Trinajstić information content (AvgIpc) is 2.32. The van der Waals surface area contributed by atoms with E-state index in [4.69, 9.17) is 21.9 Å². The molecular weight excluding hydrogens is 214 g/mol. The Morgan fingerprint density at radius 3 is 1.50 bits per heavy atom. The molecule has 0 aromatic carbocycles. The Labute approximate surface area is 92.6 Å². The van der Waals surface area contributed by atoms with Crippen LogP contribution in [0.1, 0.15) is 0 Å². The van der Waals surface area contributed by atoms with Crippen LogP contribution < -0.4 is 17.2 Å². The van der Waals surface area contributed by atoms with Crippen molar-refractivity contribution in [3.8, 4) is 0 Å². The first kappa shape index (κ1) is 14.4. The highest BCUT2D eigenvalue weighted by atomic mass is 16.5. The van der Waals surface area contributed by atoms with E-state index in [1.165, 1.54) is 0 Å². The summed E-state index contributed by atoms with van der Waals surface area (Å²) in [7, 11) is 1.16. The van der Waals surface area contributed by atoms with Crippen molar-refractivity contribution in [1.29, 1.82) is 0 Å². The smallest absolute Gasteiger partial charge is 0.211 e. The van der Waals surface area contributed by atoms with E-state index in [1.54, 1.807) is 0 Å². The minimum Gasteiger partial charge on any atom is -0.492 e. The van der Waals surface area contributed by atoms with Gasteiger partial charge < -0.3 is 21.9 Å². The second-order valence-electron chi connectivity index (χ2n) is 2.79. The first-order valence-electron chi connectivity index (χ1n) is 4.51. The fourth-order valence-electron chi connectivity index (χ4n) is 1.06. The summed E-state index contributed by atoms with van der Waals surface area (Å²) in [5.74, 6) is -2.43. The molecule has 0 spiro atoms. The minimum absolute atomic E-state index is 0.373. The summed E-state index contributed by atoms with van der Waals surface area (Å²) in [6.45, 7) is -1.19. The SMILES string of the molecule is COC(C(=O)CN)=C(C(=O)CN)C(=O)CN. The Morgan fingerprint density at radius 1 is 0.875 bits per heavy atom. The van der Waals surface area contributed by atoms with Crippen LogP contribution in [0.5, 0.6) is 0 Å². The number of carbonyl (C=O) groups is 3. The van der Waals surface area contributed by atoms with Crippen molar-refractivity contribution in [1.82, 2.24) is 0 Å². The molecule has 90 valence electrons. The van der Waals surface area contributed by atoms with Gasteiger partial charge in [-0.05, 0) is 0 Å². The fraction of sp³-hybridized carbons (Fsp3) is 0.444. The third kappa shape index (κ3) is 3.23. The minimum atomic E-state index is -0.700. The van der Waals surface area contributed by atoms with Gasteiger partial charge in [0.05, 0.1) is 26.7 Å². The summed E-state index contributed by atoms with van der Waals surface area (Å²) in [4.78, 5) is 34.1. The lowest BCUT2D eigenvalue weighted by molar-refractivity contribution is -0.123. The van der Waals surface area contributed by atoms with Crippen molar-refractivity contribution < 1.29 is 19.1 Å². The lowest BCUT2D eigenvalue weighted by atomic mass is 10.0. The Kier molecular flexibility index (Phi) is 6.16. The van der Waals surface area contributed by atoms with E-state index in [2.05, 4.69) is 0 Å². The number of hydrogen-bond acceptors (Lipinski definition) is 7. The standard InChI is InChI=1S/C9H15N3O4/c1-16-9(7(15)4-12)8(5(13)2-10)6(14)3-11/h2-4,10-12H2,1H3. The van der Waals surface area contributed by atoms with E-state index in [0.717, 1.165) is 7.11 Å². The molecule has 16 heavy (non-hydrogen) atoms. The summed E-state index contributed by atoms with van der Waals surface area (Å²) in [5, 5.41) is 0. The molecule has 7 nitrogen and oxygen atoms in total. The van der Waals surface area contributed by atoms with Crippen molar-refractivity contribution in [2.45, 2.75) is 0 Å². The number of rotatable bonds is 7. The summed E-state index contributed by atoms with van der Waals surface area (Å²) in [6, 6.07) is 0. The highest BCUT2D eigenvalue weighted by Gasteiger charge is 2.25. The first-order chi connectivity index (χ1) is 7.53. The van der Waals surface area contributed by atoms with E-state index in [0.29, 0.717) is 0 Å². The molecule has 0 rings (SSSR count). The molecule has 0 atom stereocenters. The maximum absolute atomic E-state index is 11.4. The van der Waals surface area contributed by atoms with Crippen molar-refractivity contribution in [3.63, 3.8) is 0 Å². The number of ketones is 3. The van der Waals surface area contributed by atoms with Gasteiger partial charge in [-0.25, -0.2) is 0 Å². The van der Waals surface area contributed by atoms with Gasteiger partial charge in [-0.1, -0.05) is 0 Å². The molecule has 0 unspecified atom stereocenters. The monoisotopic (exact) mass is 229 g/mol. The topological polar surface area (TPSA) is 138 Å². The molecule has 0 saturated heterocycles. The summed E-state index contributed by atoms with van der Waals surface area (Å²) < 4.78 is 4.71. The third-order valence-electron chi connectivity index (χ3n) is 1.80. The normalized spacial score (nSPS) is 9.50. The van der Waals surface area contributed by atoms with Gasteiger partial charge in [-0.15, -0.1) is 0 Å². The van der Waals surface area contributed by atoms with Gasteiger partial charge >= 0.3 is 0 Å². The van der Waals surface area contributed by atoms with Gasteiger partial charge in [0.15, 0.2) is 17.3 Å². The van der Waals surface area contributed by atoms with Gasteiger partial charge in [-0.3, -0.25) is 14.4 Å². The average molecular weight is 229 g/mol. The zero-order valence-corrected chi connectivity index (χ0v) is 8.99. The predicted molar refractivity (Wildman–Crippen MR) is 56.2 cm³/mol. The second kappa shape index (κ2) is 6.83. The van der Waals surface area contributed by atoms with E-state index < -0.39 is 36.0 Å². The number of hydrogen-bond donors (Lipinski definition) is 3. The van der Waals surface area contributed by atoms with E-state index in [-0.39, 0.29) is 12.3 Å². The molecule has 0 bridgehead atoms. The predicted octanol–water partition coefficient (Wildman–Crippen LogP) is -2.53. The molecule has 0 aliphatic rings. The molecule has 6 N–H and O–H groups in total. The van der Waals surface area contributed by atoms with Gasteiger partial charge in [0, 0.05) is 0 Å². The Hall–Kier alpha value is -1.57. The van der Waals surface area contributed by atoms with Crippen LogP contribution in [-0.2, 0) is 19.1 Å². The zero-order valence-electron chi connectivity index (χ0n) is 8.99. The van der Waals surface area contributed by atoms with E-state index >= 15 is 0 Å². The Morgan fingerprint density at radius 2 is 1.25 bits per heavy atom. The van der Waals surface area contributed by atoms with Gasteiger partial charge in [0.2, 0.25) is 5.78 Å². The summed E-state index contributed by atoms with van der Waals surface area (Å²) in [6.07, 6.45) is 0. The van der Waals surface area contributed by atoms with Crippen LogP contribution in [0.15, 0.2) is 11.3 Å². The van der Waals surface area contributed by atoms with Crippen molar-refractivity contribution in [3.05, 3.63) is 11.3 Å². The quantitative estimate of drug-likeness (QED) is 0.189. The van der Waals surface area contributed by atoms with Crippen LogP contribution in [0, 0.1) is 0 Å². The number of carbonyl (C=O) groups excluding carboxylic acids is 3. The number of ether oxygens (including phenoxy) is 1. The van der Waals surface area contributed by atoms with Gasteiger partial charge in [0.1, 0.15) is 5.57 Å². The molecule has 0 aromatic rings.